The van der Waals surface area contributed by atoms with Crippen LogP contribution >= 0.6 is 11.3 Å². The molecule has 1 aromatic carbocycles. The number of benzene rings is 1. The van der Waals surface area contributed by atoms with Gasteiger partial charge >= 0.3 is 0 Å². The number of para-hydroxylation sites is 1. The van der Waals surface area contributed by atoms with Crippen LogP contribution in [-0.4, -0.2) is 11.5 Å². The molecule has 0 fully saturated rings. The molecular weight excluding hydrogens is 216 g/mol. The van der Waals surface area contributed by atoms with Crippen molar-refractivity contribution in [1.29, 1.82) is 0 Å². The molecule has 2 aromatic rings. The van der Waals surface area contributed by atoms with Gasteiger partial charge in [0.15, 0.2) is 0 Å². The molecule has 1 heterocycles. The van der Waals surface area contributed by atoms with Crippen LogP contribution in [0.15, 0.2) is 24.3 Å². The lowest BCUT2D eigenvalue weighted by atomic mass is 10.1. The van der Waals surface area contributed by atoms with Crippen molar-refractivity contribution in [2.24, 2.45) is 5.92 Å². The van der Waals surface area contributed by atoms with Crippen LogP contribution in [0.4, 0.5) is 0 Å². The molecular formula is C13H18N2S. The Bertz CT molecular complexity index is 417. The molecule has 2 nitrogen and oxygen atoms in total. The minimum Gasteiger partial charge on any atom is -0.310 e. The lowest BCUT2D eigenvalue weighted by Crippen LogP contribution is -2.20. The van der Waals surface area contributed by atoms with E-state index in [2.05, 4.69) is 42.3 Å². The van der Waals surface area contributed by atoms with Crippen LogP contribution in [0.25, 0.3) is 10.2 Å². The molecule has 0 spiro atoms. The summed E-state index contributed by atoms with van der Waals surface area (Å²) in [7, 11) is 0. The number of nitrogens with one attached hydrogen (secondary N) is 1. The normalized spacial score (nSPS) is 13.1. The second-order valence-corrected chi connectivity index (χ2v) is 5.33. The monoisotopic (exact) mass is 234 g/mol. The molecule has 0 amide bonds. The van der Waals surface area contributed by atoms with Gasteiger partial charge < -0.3 is 5.32 Å². The fraction of sp³-hybridized carbons (Fsp3) is 0.462. The maximum absolute atomic E-state index is 4.59. The standard InChI is InChI=1S/C13H18N2S/c1-3-10(2)8-14-9-13-15-11-6-4-5-7-12(11)16-13/h4-7,10,14H,3,8-9H2,1-2H3. The summed E-state index contributed by atoms with van der Waals surface area (Å²) in [6.45, 7) is 6.46. The van der Waals surface area contributed by atoms with Crippen molar-refractivity contribution in [2.75, 3.05) is 6.54 Å². The number of aromatic nitrogens is 1. The van der Waals surface area contributed by atoms with E-state index in [0.29, 0.717) is 0 Å². The summed E-state index contributed by atoms with van der Waals surface area (Å²) in [5.74, 6) is 0.745. The van der Waals surface area contributed by atoms with Crippen molar-refractivity contribution < 1.29 is 0 Å². The molecule has 0 saturated heterocycles. The zero-order chi connectivity index (χ0) is 11.4. The third-order valence-electron chi connectivity index (χ3n) is 2.80. The van der Waals surface area contributed by atoms with Crippen molar-refractivity contribution in [1.82, 2.24) is 10.3 Å². The zero-order valence-electron chi connectivity index (χ0n) is 9.86. The Balaban J connectivity index is 1.94. The number of fused-ring (bicyclic) bond motifs is 1. The molecule has 0 radical (unpaired) electrons. The summed E-state index contributed by atoms with van der Waals surface area (Å²) in [6, 6.07) is 8.31. The maximum Gasteiger partial charge on any atom is 0.108 e. The van der Waals surface area contributed by atoms with E-state index >= 15 is 0 Å². The summed E-state index contributed by atoms with van der Waals surface area (Å²) >= 11 is 1.78. The van der Waals surface area contributed by atoms with Gasteiger partial charge in [-0.15, -0.1) is 11.3 Å². The first-order chi connectivity index (χ1) is 7.79. The molecule has 0 aliphatic carbocycles. The molecule has 1 atom stereocenters. The predicted molar refractivity (Wildman–Crippen MR) is 70.8 cm³/mol. The van der Waals surface area contributed by atoms with E-state index in [4.69, 9.17) is 0 Å². The number of nitrogens with zero attached hydrogens (tertiary/aromatic N) is 1. The Morgan fingerprint density at radius 1 is 1.38 bits per heavy atom. The van der Waals surface area contributed by atoms with Crippen molar-refractivity contribution in [3.05, 3.63) is 29.3 Å². The van der Waals surface area contributed by atoms with Gasteiger partial charge in [0.2, 0.25) is 0 Å². The smallest absolute Gasteiger partial charge is 0.108 e. The molecule has 1 aromatic heterocycles. The van der Waals surface area contributed by atoms with Crippen molar-refractivity contribution in [3.63, 3.8) is 0 Å². The van der Waals surface area contributed by atoms with Gasteiger partial charge in [-0.2, -0.15) is 0 Å². The van der Waals surface area contributed by atoms with Crippen LogP contribution in [0, 0.1) is 5.92 Å². The van der Waals surface area contributed by atoms with Gasteiger partial charge in [0, 0.05) is 6.54 Å². The minimum atomic E-state index is 0.745. The number of thiazole rings is 1. The van der Waals surface area contributed by atoms with Crippen molar-refractivity contribution in [3.8, 4) is 0 Å². The van der Waals surface area contributed by atoms with E-state index in [1.165, 1.54) is 16.1 Å². The van der Waals surface area contributed by atoms with E-state index in [1.807, 2.05) is 6.07 Å². The first-order valence-electron chi connectivity index (χ1n) is 5.84. The second kappa shape index (κ2) is 5.41. The van der Waals surface area contributed by atoms with Crippen LogP contribution in [0.3, 0.4) is 0 Å². The van der Waals surface area contributed by atoms with Crippen molar-refractivity contribution >= 4 is 21.6 Å². The molecule has 16 heavy (non-hydrogen) atoms. The van der Waals surface area contributed by atoms with E-state index in [0.717, 1.165) is 24.5 Å². The largest absolute Gasteiger partial charge is 0.310 e. The van der Waals surface area contributed by atoms with Gasteiger partial charge in [-0.1, -0.05) is 32.4 Å². The summed E-state index contributed by atoms with van der Waals surface area (Å²) in [5, 5.41) is 4.65. The average molecular weight is 234 g/mol. The maximum atomic E-state index is 4.59. The molecule has 0 bridgehead atoms. The molecule has 0 aliphatic heterocycles. The van der Waals surface area contributed by atoms with Gasteiger partial charge in [0.05, 0.1) is 10.2 Å². The SMILES string of the molecule is CCC(C)CNCc1nc2ccccc2s1. The van der Waals surface area contributed by atoms with Crippen LogP contribution in [0.2, 0.25) is 0 Å². The Morgan fingerprint density at radius 3 is 2.94 bits per heavy atom. The lowest BCUT2D eigenvalue weighted by molar-refractivity contribution is 0.499. The van der Waals surface area contributed by atoms with E-state index in [1.54, 1.807) is 11.3 Å². The first-order valence-corrected chi connectivity index (χ1v) is 6.66. The van der Waals surface area contributed by atoms with Crippen molar-refractivity contribution in [2.45, 2.75) is 26.8 Å². The fourth-order valence-corrected chi connectivity index (χ4v) is 2.50. The van der Waals surface area contributed by atoms with Gasteiger partial charge in [0.25, 0.3) is 0 Å². The lowest BCUT2D eigenvalue weighted by Gasteiger charge is -2.08. The van der Waals surface area contributed by atoms with Gasteiger partial charge in [-0.25, -0.2) is 4.98 Å². The third-order valence-corrected chi connectivity index (χ3v) is 3.84. The van der Waals surface area contributed by atoms with E-state index in [-0.39, 0.29) is 0 Å². The van der Waals surface area contributed by atoms with Crippen LogP contribution in [-0.2, 0) is 6.54 Å². The highest BCUT2D eigenvalue weighted by atomic mass is 32.1. The van der Waals surface area contributed by atoms with Crippen LogP contribution in [0.1, 0.15) is 25.3 Å². The Kier molecular flexibility index (Phi) is 3.91. The first kappa shape index (κ1) is 11.6. The number of hydrogen-bond acceptors (Lipinski definition) is 3. The minimum absolute atomic E-state index is 0.745. The number of rotatable bonds is 5. The zero-order valence-corrected chi connectivity index (χ0v) is 10.7. The summed E-state index contributed by atoms with van der Waals surface area (Å²) in [4.78, 5) is 4.59. The van der Waals surface area contributed by atoms with Gasteiger partial charge in [0.1, 0.15) is 5.01 Å². The Hall–Kier alpha value is -0.930. The quantitative estimate of drug-likeness (QED) is 0.857. The predicted octanol–water partition coefficient (Wildman–Crippen LogP) is 3.43. The van der Waals surface area contributed by atoms with Gasteiger partial charge in [-0.05, 0) is 24.6 Å². The van der Waals surface area contributed by atoms with Crippen LogP contribution < -0.4 is 5.32 Å². The Labute approximate surface area is 101 Å². The highest BCUT2D eigenvalue weighted by Crippen LogP contribution is 2.21. The highest BCUT2D eigenvalue weighted by Gasteiger charge is 2.03. The average Bonchev–Trinajstić information content (AvgIpc) is 2.71. The highest BCUT2D eigenvalue weighted by molar-refractivity contribution is 7.18. The summed E-state index contributed by atoms with van der Waals surface area (Å²) < 4.78 is 1.28. The molecule has 2 rings (SSSR count). The third kappa shape index (κ3) is 2.80. The molecule has 0 aliphatic rings. The summed E-state index contributed by atoms with van der Waals surface area (Å²) in [5.41, 5.74) is 1.12. The second-order valence-electron chi connectivity index (χ2n) is 4.22. The number of hydrogen-bond donors (Lipinski definition) is 1. The van der Waals surface area contributed by atoms with Gasteiger partial charge in [-0.3, -0.25) is 0 Å². The van der Waals surface area contributed by atoms with E-state index in [9.17, 15) is 0 Å². The molecule has 1 N–H and O–H groups in total. The molecule has 0 saturated carbocycles. The van der Waals surface area contributed by atoms with E-state index < -0.39 is 0 Å². The fourth-order valence-electron chi connectivity index (χ4n) is 1.57. The molecule has 86 valence electrons. The molecule has 1 unspecified atom stereocenters. The molecule has 3 heteroatoms. The topological polar surface area (TPSA) is 24.9 Å². The Morgan fingerprint density at radius 2 is 2.19 bits per heavy atom. The van der Waals surface area contributed by atoms with Crippen LogP contribution in [0.5, 0.6) is 0 Å². The summed E-state index contributed by atoms with van der Waals surface area (Å²) in [6.07, 6.45) is 1.23.